The lowest BCUT2D eigenvalue weighted by molar-refractivity contribution is 0.0950. The minimum absolute atomic E-state index is 0.0105. The van der Waals surface area contributed by atoms with Gasteiger partial charge in [-0.3, -0.25) is 14.8 Å². The third-order valence-electron chi connectivity index (χ3n) is 5.28. The zero-order valence-corrected chi connectivity index (χ0v) is 20.0. The van der Waals surface area contributed by atoms with Gasteiger partial charge >= 0.3 is 0 Å². The minimum atomic E-state index is -3.99. The van der Waals surface area contributed by atoms with E-state index in [1.165, 1.54) is 25.5 Å². The molecule has 4 rings (SSSR count). The van der Waals surface area contributed by atoms with Crippen molar-refractivity contribution in [1.29, 1.82) is 0 Å². The molecule has 0 radical (unpaired) electrons. The predicted molar refractivity (Wildman–Crippen MR) is 134 cm³/mol. The van der Waals surface area contributed by atoms with Crippen LogP contribution in [0.3, 0.4) is 0 Å². The van der Waals surface area contributed by atoms with E-state index in [9.17, 15) is 13.2 Å². The van der Waals surface area contributed by atoms with Crippen molar-refractivity contribution >= 4 is 50.3 Å². The Morgan fingerprint density at radius 1 is 1.09 bits per heavy atom. The largest absolute Gasteiger partial charge is 0.495 e. The van der Waals surface area contributed by atoms with E-state index in [-0.39, 0.29) is 15.8 Å². The average molecular weight is 501 g/mol. The van der Waals surface area contributed by atoms with Crippen LogP contribution in [-0.4, -0.2) is 39.6 Å². The Kier molecular flexibility index (Phi) is 7.03. The van der Waals surface area contributed by atoms with Gasteiger partial charge in [0.05, 0.1) is 24.7 Å². The molecular formula is C23H24N4O5S2. The summed E-state index contributed by atoms with van der Waals surface area (Å²) in [6.07, 6.45) is 3.36. The first-order chi connectivity index (χ1) is 16.4. The Hall–Kier alpha value is -3.57. The second kappa shape index (κ2) is 10.1. The van der Waals surface area contributed by atoms with Gasteiger partial charge in [-0.1, -0.05) is 12.1 Å². The summed E-state index contributed by atoms with van der Waals surface area (Å²) in [6, 6.07) is 14.9. The van der Waals surface area contributed by atoms with E-state index in [1.807, 2.05) is 4.90 Å². The quantitative estimate of drug-likeness (QED) is 0.420. The molecule has 0 bridgehead atoms. The van der Waals surface area contributed by atoms with Gasteiger partial charge in [0.25, 0.3) is 15.9 Å². The molecule has 0 saturated carbocycles. The molecule has 2 aromatic carbocycles. The molecule has 11 heteroatoms. The zero-order valence-electron chi connectivity index (χ0n) is 18.4. The van der Waals surface area contributed by atoms with Crippen molar-refractivity contribution in [3.8, 4) is 5.75 Å². The van der Waals surface area contributed by atoms with Crippen LogP contribution >= 0.6 is 12.2 Å². The van der Waals surface area contributed by atoms with Crippen molar-refractivity contribution in [1.82, 2.24) is 5.32 Å². The smallest absolute Gasteiger partial charge is 0.293 e. The van der Waals surface area contributed by atoms with Crippen LogP contribution in [0.5, 0.6) is 5.75 Å². The highest BCUT2D eigenvalue weighted by Crippen LogP contribution is 2.34. The molecule has 1 aliphatic heterocycles. The fourth-order valence-electron chi connectivity index (χ4n) is 3.69. The number of anilines is 3. The van der Waals surface area contributed by atoms with Crippen LogP contribution in [0.15, 0.2) is 70.2 Å². The monoisotopic (exact) mass is 500 g/mol. The molecule has 0 aliphatic carbocycles. The van der Waals surface area contributed by atoms with E-state index in [0.717, 1.165) is 25.9 Å². The summed E-state index contributed by atoms with van der Waals surface area (Å²) in [5.41, 5.74) is 1.33. The number of nitrogens with zero attached hydrogens (tertiary/aromatic N) is 1. The highest BCUT2D eigenvalue weighted by Gasteiger charge is 2.25. The number of nitrogens with one attached hydrogen (secondary N) is 3. The Balaban J connectivity index is 1.62. The molecule has 34 heavy (non-hydrogen) atoms. The van der Waals surface area contributed by atoms with Crippen molar-refractivity contribution < 1.29 is 22.4 Å². The first kappa shape index (κ1) is 23.6. The molecule has 3 N–H and O–H groups in total. The number of amides is 1. The summed E-state index contributed by atoms with van der Waals surface area (Å²) in [5, 5.41) is 5.39. The zero-order chi connectivity index (χ0) is 24.1. The topological polar surface area (TPSA) is 113 Å². The molecule has 1 aliphatic rings. The van der Waals surface area contributed by atoms with Gasteiger partial charge in [-0.05, 0) is 67.5 Å². The number of benzene rings is 2. The molecule has 0 unspecified atom stereocenters. The van der Waals surface area contributed by atoms with E-state index in [2.05, 4.69) is 15.4 Å². The lowest BCUT2D eigenvalue weighted by Crippen LogP contribution is -2.34. The molecule has 9 nitrogen and oxygen atoms in total. The maximum absolute atomic E-state index is 13.5. The second-order valence-electron chi connectivity index (χ2n) is 7.57. The molecule has 1 aromatic heterocycles. The summed E-state index contributed by atoms with van der Waals surface area (Å²) < 4.78 is 39.9. The van der Waals surface area contributed by atoms with E-state index in [4.69, 9.17) is 21.4 Å². The molecule has 1 amide bonds. The van der Waals surface area contributed by atoms with Crippen molar-refractivity contribution in [2.24, 2.45) is 0 Å². The summed E-state index contributed by atoms with van der Waals surface area (Å²) in [6.45, 7) is 1.53. The Labute approximate surface area is 203 Å². The van der Waals surface area contributed by atoms with E-state index in [0.29, 0.717) is 22.8 Å². The molecule has 1 saturated heterocycles. The van der Waals surface area contributed by atoms with Gasteiger partial charge < -0.3 is 19.4 Å². The minimum Gasteiger partial charge on any atom is -0.495 e. The standard InChI is InChI=1S/C23H24N4O5S2/c1-31-19-8-3-2-7-17(19)26-34(29,30)21-15-16(10-11-18(21)27-12-4-5-13-27)24-23(33)25-22(28)20-9-6-14-32-20/h2-3,6-11,14-15,26H,4-5,12-13H2,1H3,(H2,24,25,28,33). The van der Waals surface area contributed by atoms with Crippen LogP contribution in [-0.2, 0) is 10.0 Å². The number of carbonyl (C=O) groups excluding carboxylic acids is 1. The van der Waals surface area contributed by atoms with E-state index >= 15 is 0 Å². The maximum Gasteiger partial charge on any atom is 0.293 e. The van der Waals surface area contributed by atoms with Crippen LogP contribution in [0, 0.1) is 0 Å². The molecule has 1 fully saturated rings. The number of hydrogen-bond acceptors (Lipinski definition) is 7. The normalized spacial score (nSPS) is 13.4. The third kappa shape index (κ3) is 5.32. The summed E-state index contributed by atoms with van der Waals surface area (Å²) in [5.74, 6) is 0.00423. The number of carbonyl (C=O) groups is 1. The number of ether oxygens (including phenoxy) is 1. The highest BCUT2D eigenvalue weighted by molar-refractivity contribution is 7.93. The number of rotatable bonds is 7. The molecule has 2 heterocycles. The second-order valence-corrected chi connectivity index (χ2v) is 9.63. The fourth-order valence-corrected chi connectivity index (χ4v) is 5.22. The van der Waals surface area contributed by atoms with Gasteiger partial charge in [0.1, 0.15) is 10.6 Å². The van der Waals surface area contributed by atoms with Crippen LogP contribution in [0.25, 0.3) is 0 Å². The summed E-state index contributed by atoms with van der Waals surface area (Å²) >= 11 is 5.22. The number of thiocarbonyl (C=S) groups is 1. The molecule has 178 valence electrons. The van der Waals surface area contributed by atoms with Crippen molar-refractivity contribution in [3.63, 3.8) is 0 Å². The van der Waals surface area contributed by atoms with Crippen LogP contribution in [0.4, 0.5) is 17.1 Å². The van der Waals surface area contributed by atoms with Crippen molar-refractivity contribution in [3.05, 3.63) is 66.6 Å². The maximum atomic E-state index is 13.5. The van der Waals surface area contributed by atoms with E-state index < -0.39 is 15.9 Å². The Morgan fingerprint density at radius 3 is 2.56 bits per heavy atom. The third-order valence-corrected chi connectivity index (χ3v) is 6.88. The average Bonchev–Trinajstić information content (AvgIpc) is 3.54. The van der Waals surface area contributed by atoms with Gasteiger partial charge in [0.15, 0.2) is 10.9 Å². The number of para-hydroxylation sites is 2. The van der Waals surface area contributed by atoms with Crippen LogP contribution < -0.4 is 25.0 Å². The van der Waals surface area contributed by atoms with Gasteiger partial charge in [0.2, 0.25) is 0 Å². The van der Waals surface area contributed by atoms with Crippen LogP contribution in [0.2, 0.25) is 0 Å². The van der Waals surface area contributed by atoms with Crippen LogP contribution in [0.1, 0.15) is 23.4 Å². The number of hydrogen-bond donors (Lipinski definition) is 3. The Morgan fingerprint density at radius 2 is 1.85 bits per heavy atom. The van der Waals surface area contributed by atoms with Crippen molar-refractivity contribution in [2.45, 2.75) is 17.7 Å². The fraction of sp³-hybridized carbons (Fsp3) is 0.217. The first-order valence-electron chi connectivity index (χ1n) is 10.6. The van der Waals surface area contributed by atoms with Gasteiger partial charge in [-0.15, -0.1) is 0 Å². The molecular weight excluding hydrogens is 476 g/mol. The Bertz CT molecular complexity index is 1290. The predicted octanol–water partition coefficient (Wildman–Crippen LogP) is 3.82. The number of sulfonamides is 1. The van der Waals surface area contributed by atoms with Crippen molar-refractivity contribution in [2.75, 3.05) is 35.1 Å². The highest BCUT2D eigenvalue weighted by atomic mass is 32.2. The molecule has 0 spiro atoms. The van der Waals surface area contributed by atoms with E-state index in [1.54, 1.807) is 42.5 Å². The number of furan rings is 1. The molecule has 3 aromatic rings. The SMILES string of the molecule is COc1ccccc1NS(=O)(=O)c1cc(NC(=S)NC(=O)c2ccco2)ccc1N1CCCC1. The lowest BCUT2D eigenvalue weighted by Gasteiger charge is -2.23. The lowest BCUT2D eigenvalue weighted by atomic mass is 10.2. The number of methoxy groups -OCH3 is 1. The van der Waals surface area contributed by atoms with Gasteiger partial charge in [-0.25, -0.2) is 8.42 Å². The summed E-state index contributed by atoms with van der Waals surface area (Å²) in [7, 11) is -2.51. The van der Waals surface area contributed by atoms with Gasteiger partial charge in [-0.2, -0.15) is 0 Å². The first-order valence-corrected chi connectivity index (χ1v) is 12.5. The summed E-state index contributed by atoms with van der Waals surface area (Å²) in [4.78, 5) is 14.3. The van der Waals surface area contributed by atoms with Gasteiger partial charge in [0, 0.05) is 18.8 Å². The molecule has 0 atom stereocenters.